The summed E-state index contributed by atoms with van der Waals surface area (Å²) in [7, 11) is 0. The molecule has 0 unspecified atom stereocenters. The molecule has 3 aromatic heterocycles. The summed E-state index contributed by atoms with van der Waals surface area (Å²) in [6.07, 6.45) is 4.02. The van der Waals surface area contributed by atoms with Crippen molar-refractivity contribution in [3.8, 4) is 44.5 Å². The molecule has 0 fully saturated rings. The zero-order chi connectivity index (χ0) is 32.5. The average molecular weight is 652 g/mol. The van der Waals surface area contributed by atoms with Gasteiger partial charge in [-0.3, -0.25) is 4.98 Å². The van der Waals surface area contributed by atoms with E-state index in [-0.39, 0.29) is 0 Å². The van der Waals surface area contributed by atoms with Gasteiger partial charge in [-0.25, -0.2) is 0 Å². The summed E-state index contributed by atoms with van der Waals surface area (Å²) in [6, 6.07) is 42.7. The highest BCUT2D eigenvalue weighted by Gasteiger charge is 2.17. The van der Waals surface area contributed by atoms with Crippen molar-refractivity contribution in [2.75, 3.05) is 0 Å². The number of aryl methyl sites for hydroxylation is 4. The molecule has 0 amide bonds. The van der Waals surface area contributed by atoms with Crippen LogP contribution in [0.5, 0.6) is 0 Å². The summed E-state index contributed by atoms with van der Waals surface area (Å²) in [5.74, 6) is 0. The van der Waals surface area contributed by atoms with Crippen molar-refractivity contribution in [2.45, 2.75) is 27.7 Å². The third-order valence-electron chi connectivity index (χ3n) is 9.89. The molecule has 6 aromatic carbocycles. The lowest BCUT2D eigenvalue weighted by Gasteiger charge is -2.16. The smallest absolute Gasteiger partial charge is 0.0433 e. The second-order valence-electron chi connectivity index (χ2n) is 13.0. The Kier molecular flexibility index (Phi) is 6.82. The minimum atomic E-state index is 1.15. The van der Waals surface area contributed by atoms with Crippen LogP contribution in [0.3, 0.4) is 0 Å². The van der Waals surface area contributed by atoms with Gasteiger partial charge < -0.3 is 0 Å². The van der Waals surface area contributed by atoms with Gasteiger partial charge >= 0.3 is 0 Å². The standard InChI is InChI=1S/C45H33NS2/c1-26-21-40(36-15-9-13-34-32-11-5-7-17-42(32)47-44(34)36)28(3)19-38(26)30-23-31(25-46-24-30)39-20-29(4)41(22-27(39)2)37-16-10-14-35-33-12-6-8-18-43(33)48-45(35)37/h5-25H,1-4H3. The van der Waals surface area contributed by atoms with Gasteiger partial charge in [-0.05, 0) is 102 Å². The quantitative estimate of drug-likeness (QED) is 0.185. The van der Waals surface area contributed by atoms with Gasteiger partial charge in [0.1, 0.15) is 0 Å². The first-order valence-corrected chi connectivity index (χ1v) is 18.1. The summed E-state index contributed by atoms with van der Waals surface area (Å²) < 4.78 is 5.39. The highest BCUT2D eigenvalue weighted by Crippen LogP contribution is 2.44. The van der Waals surface area contributed by atoms with Crippen LogP contribution in [0.25, 0.3) is 84.9 Å². The monoisotopic (exact) mass is 651 g/mol. The summed E-state index contributed by atoms with van der Waals surface area (Å²) in [4.78, 5) is 4.77. The van der Waals surface area contributed by atoms with E-state index in [1.165, 1.54) is 96.0 Å². The van der Waals surface area contributed by atoms with Crippen LogP contribution in [0.4, 0.5) is 0 Å². The van der Waals surface area contributed by atoms with Crippen LogP contribution in [0, 0.1) is 27.7 Å². The number of hydrogen-bond acceptors (Lipinski definition) is 3. The van der Waals surface area contributed by atoms with E-state index in [1.54, 1.807) is 0 Å². The molecule has 0 radical (unpaired) electrons. The van der Waals surface area contributed by atoms with E-state index in [1.807, 2.05) is 35.1 Å². The molecule has 0 bridgehead atoms. The normalized spacial score (nSPS) is 11.8. The highest BCUT2D eigenvalue weighted by molar-refractivity contribution is 7.26. The molecule has 0 spiro atoms. The van der Waals surface area contributed by atoms with Crippen LogP contribution < -0.4 is 0 Å². The molecule has 0 atom stereocenters. The van der Waals surface area contributed by atoms with Crippen LogP contribution >= 0.6 is 22.7 Å². The van der Waals surface area contributed by atoms with Crippen LogP contribution in [-0.2, 0) is 0 Å². The fourth-order valence-electron chi connectivity index (χ4n) is 7.49. The van der Waals surface area contributed by atoms with Gasteiger partial charge in [-0.1, -0.05) is 97.1 Å². The molecule has 0 aliphatic rings. The number of aromatic nitrogens is 1. The van der Waals surface area contributed by atoms with E-state index in [0.29, 0.717) is 0 Å². The summed E-state index contributed by atoms with van der Waals surface area (Å²) in [5, 5.41) is 5.35. The number of benzene rings is 6. The molecule has 0 N–H and O–H groups in total. The molecule has 0 aliphatic carbocycles. The SMILES string of the molecule is Cc1cc(-c2cccc3c2sc2ccccc23)c(C)cc1-c1cncc(-c2cc(C)c(-c3cccc4c3sc3ccccc34)cc2C)c1. The van der Waals surface area contributed by atoms with E-state index in [0.717, 1.165) is 11.1 Å². The van der Waals surface area contributed by atoms with E-state index >= 15 is 0 Å². The van der Waals surface area contributed by atoms with Crippen LogP contribution in [0.2, 0.25) is 0 Å². The van der Waals surface area contributed by atoms with E-state index in [2.05, 4.69) is 143 Å². The van der Waals surface area contributed by atoms with Gasteiger partial charge in [0.05, 0.1) is 0 Å². The zero-order valence-electron chi connectivity index (χ0n) is 27.4. The Hall–Kier alpha value is -5.09. The van der Waals surface area contributed by atoms with E-state index in [4.69, 9.17) is 4.98 Å². The fraction of sp³-hybridized carbons (Fsp3) is 0.0889. The molecule has 0 saturated heterocycles. The first-order chi connectivity index (χ1) is 23.4. The summed E-state index contributed by atoms with van der Waals surface area (Å²) in [5.41, 5.74) is 15.0. The minimum absolute atomic E-state index is 1.15. The van der Waals surface area contributed by atoms with Crippen molar-refractivity contribution in [3.05, 3.63) is 150 Å². The molecule has 3 heteroatoms. The van der Waals surface area contributed by atoms with E-state index in [9.17, 15) is 0 Å². The van der Waals surface area contributed by atoms with Crippen molar-refractivity contribution >= 4 is 63.0 Å². The maximum atomic E-state index is 4.77. The predicted octanol–water partition coefficient (Wildman–Crippen LogP) is 13.7. The fourth-order valence-corrected chi connectivity index (χ4v) is 9.95. The van der Waals surface area contributed by atoms with E-state index < -0.39 is 0 Å². The van der Waals surface area contributed by atoms with Gasteiger partial charge in [0, 0.05) is 63.9 Å². The van der Waals surface area contributed by atoms with Crippen molar-refractivity contribution in [2.24, 2.45) is 0 Å². The molecular weight excluding hydrogens is 619 g/mol. The summed E-state index contributed by atoms with van der Waals surface area (Å²) in [6.45, 7) is 8.94. The number of hydrogen-bond donors (Lipinski definition) is 0. The lowest BCUT2D eigenvalue weighted by Crippen LogP contribution is -1.93. The lowest BCUT2D eigenvalue weighted by atomic mass is 9.89. The maximum absolute atomic E-state index is 4.77. The molecule has 9 aromatic rings. The third-order valence-corrected chi connectivity index (χ3v) is 12.3. The Labute approximate surface area is 288 Å². The van der Waals surface area contributed by atoms with Crippen LogP contribution in [-0.4, -0.2) is 4.98 Å². The lowest BCUT2D eigenvalue weighted by molar-refractivity contribution is 1.30. The third kappa shape index (κ3) is 4.61. The van der Waals surface area contributed by atoms with Gasteiger partial charge in [0.15, 0.2) is 0 Å². The van der Waals surface area contributed by atoms with Gasteiger partial charge in [0.2, 0.25) is 0 Å². The highest BCUT2D eigenvalue weighted by atomic mass is 32.1. The number of pyridine rings is 1. The molecule has 9 rings (SSSR count). The predicted molar refractivity (Wildman–Crippen MR) is 211 cm³/mol. The average Bonchev–Trinajstić information content (AvgIpc) is 3.69. The zero-order valence-corrected chi connectivity index (χ0v) is 29.0. The molecule has 48 heavy (non-hydrogen) atoms. The second-order valence-corrected chi connectivity index (χ2v) is 15.1. The van der Waals surface area contributed by atoms with Crippen LogP contribution in [0.15, 0.2) is 128 Å². The summed E-state index contributed by atoms with van der Waals surface area (Å²) >= 11 is 3.78. The van der Waals surface area contributed by atoms with Gasteiger partial charge in [-0.15, -0.1) is 22.7 Å². The second kappa shape index (κ2) is 11.3. The first-order valence-electron chi connectivity index (χ1n) is 16.4. The number of rotatable bonds is 4. The molecule has 1 nitrogen and oxygen atoms in total. The topological polar surface area (TPSA) is 12.9 Å². The molecule has 0 aliphatic heterocycles. The Bertz CT molecular complexity index is 2540. The molecule has 3 heterocycles. The van der Waals surface area contributed by atoms with Crippen molar-refractivity contribution < 1.29 is 0 Å². The number of nitrogens with zero attached hydrogens (tertiary/aromatic N) is 1. The van der Waals surface area contributed by atoms with Gasteiger partial charge in [-0.2, -0.15) is 0 Å². The number of fused-ring (bicyclic) bond motifs is 6. The van der Waals surface area contributed by atoms with Crippen molar-refractivity contribution in [3.63, 3.8) is 0 Å². The maximum Gasteiger partial charge on any atom is 0.0433 e. The molecular formula is C45H33NS2. The molecule has 230 valence electrons. The number of thiophene rings is 2. The Morgan fingerprint density at radius 1 is 0.375 bits per heavy atom. The Morgan fingerprint density at radius 3 is 1.25 bits per heavy atom. The van der Waals surface area contributed by atoms with Crippen molar-refractivity contribution in [1.82, 2.24) is 4.98 Å². The van der Waals surface area contributed by atoms with Crippen LogP contribution in [0.1, 0.15) is 22.3 Å². The largest absolute Gasteiger partial charge is 0.263 e. The Balaban J connectivity index is 1.10. The first kappa shape index (κ1) is 29.1. The minimum Gasteiger partial charge on any atom is -0.263 e. The Morgan fingerprint density at radius 2 is 0.771 bits per heavy atom. The molecule has 0 saturated carbocycles. The van der Waals surface area contributed by atoms with Crippen molar-refractivity contribution in [1.29, 1.82) is 0 Å². The van der Waals surface area contributed by atoms with Gasteiger partial charge in [0.25, 0.3) is 0 Å².